The van der Waals surface area contributed by atoms with Crippen molar-refractivity contribution in [2.24, 2.45) is 0 Å². The number of aliphatic hydroxyl groups excluding tert-OH is 3. The molecule has 1 rings (SSSR count). The lowest BCUT2D eigenvalue weighted by atomic mass is 9.84. The smallest absolute Gasteiger partial charge is 0.120 e. The standard InChI is InChI=1S/C7H12O4/c1-7(11)5(9)3-2-4(8)6(7)10/h2-6,8-11H,1H3/t4-,5-,6+,7-/m1/s1. The fraction of sp³-hybridized carbons (Fsp3) is 0.714. The lowest BCUT2D eigenvalue weighted by molar-refractivity contribution is -0.153. The Balaban J connectivity index is 2.88. The number of hydrogen-bond acceptors (Lipinski definition) is 4. The Kier molecular flexibility index (Phi) is 2.02. The molecule has 0 aromatic carbocycles. The molecule has 0 aromatic rings. The van der Waals surface area contributed by atoms with E-state index in [4.69, 9.17) is 15.3 Å². The van der Waals surface area contributed by atoms with Gasteiger partial charge in [0.15, 0.2) is 0 Å². The molecule has 0 spiro atoms. The summed E-state index contributed by atoms with van der Waals surface area (Å²) in [6.45, 7) is 1.27. The minimum absolute atomic E-state index is 1.10. The van der Waals surface area contributed by atoms with Crippen LogP contribution < -0.4 is 0 Å². The van der Waals surface area contributed by atoms with Crippen molar-refractivity contribution in [3.63, 3.8) is 0 Å². The molecule has 0 radical (unpaired) electrons. The van der Waals surface area contributed by atoms with E-state index in [2.05, 4.69) is 0 Å². The summed E-state index contributed by atoms with van der Waals surface area (Å²) >= 11 is 0. The maximum atomic E-state index is 9.37. The molecule has 4 nitrogen and oxygen atoms in total. The van der Waals surface area contributed by atoms with E-state index >= 15 is 0 Å². The van der Waals surface area contributed by atoms with Crippen LogP contribution in [-0.2, 0) is 0 Å². The van der Waals surface area contributed by atoms with E-state index < -0.39 is 23.9 Å². The van der Waals surface area contributed by atoms with Gasteiger partial charge in [0, 0.05) is 0 Å². The van der Waals surface area contributed by atoms with Crippen LogP contribution in [0.1, 0.15) is 6.92 Å². The topological polar surface area (TPSA) is 80.9 Å². The summed E-state index contributed by atoms with van der Waals surface area (Å²) in [6, 6.07) is 0. The molecule has 4 atom stereocenters. The molecule has 0 aliphatic heterocycles. The molecular formula is C7H12O4. The van der Waals surface area contributed by atoms with E-state index in [0.717, 1.165) is 0 Å². The zero-order chi connectivity index (χ0) is 8.65. The molecule has 11 heavy (non-hydrogen) atoms. The van der Waals surface area contributed by atoms with Gasteiger partial charge in [-0.15, -0.1) is 0 Å². The Bertz CT molecular complexity index is 175. The third kappa shape index (κ3) is 1.30. The predicted octanol–water partition coefficient (Wildman–Crippen LogP) is -1.61. The summed E-state index contributed by atoms with van der Waals surface area (Å²) in [7, 11) is 0. The Labute approximate surface area is 64.4 Å². The Morgan fingerprint density at radius 3 is 2.18 bits per heavy atom. The van der Waals surface area contributed by atoms with Crippen LogP contribution in [0.4, 0.5) is 0 Å². The highest BCUT2D eigenvalue weighted by Crippen LogP contribution is 2.23. The number of hydrogen-bond donors (Lipinski definition) is 4. The van der Waals surface area contributed by atoms with E-state index in [1.165, 1.54) is 19.1 Å². The van der Waals surface area contributed by atoms with Crippen molar-refractivity contribution in [3.05, 3.63) is 12.2 Å². The van der Waals surface area contributed by atoms with Gasteiger partial charge in [0.05, 0.1) is 0 Å². The molecule has 1 aliphatic rings. The first-order chi connectivity index (χ1) is 4.96. The largest absolute Gasteiger partial charge is 0.387 e. The average molecular weight is 160 g/mol. The molecule has 0 bridgehead atoms. The van der Waals surface area contributed by atoms with Crippen molar-refractivity contribution in [1.82, 2.24) is 0 Å². The van der Waals surface area contributed by atoms with Crippen LogP contribution in [0.3, 0.4) is 0 Å². The van der Waals surface area contributed by atoms with Gasteiger partial charge in [-0.05, 0) is 6.92 Å². The summed E-state index contributed by atoms with van der Waals surface area (Å²) in [5.74, 6) is 0. The summed E-state index contributed by atoms with van der Waals surface area (Å²) in [6.07, 6.45) is -1.04. The Morgan fingerprint density at radius 2 is 1.73 bits per heavy atom. The van der Waals surface area contributed by atoms with Gasteiger partial charge in [-0.25, -0.2) is 0 Å². The second-order valence-corrected chi connectivity index (χ2v) is 2.99. The SMILES string of the molecule is C[C@@]1(O)[C@H](O)C=C[C@@H](O)[C@@H]1O. The fourth-order valence-electron chi connectivity index (χ4n) is 1.04. The lowest BCUT2D eigenvalue weighted by Gasteiger charge is -2.37. The zero-order valence-electron chi connectivity index (χ0n) is 6.18. The van der Waals surface area contributed by atoms with E-state index in [-0.39, 0.29) is 0 Å². The maximum Gasteiger partial charge on any atom is 0.120 e. The van der Waals surface area contributed by atoms with E-state index in [1.807, 2.05) is 0 Å². The van der Waals surface area contributed by atoms with E-state index in [1.54, 1.807) is 0 Å². The monoisotopic (exact) mass is 160 g/mol. The molecule has 0 fully saturated rings. The quantitative estimate of drug-likeness (QED) is 0.321. The van der Waals surface area contributed by atoms with Crippen molar-refractivity contribution < 1.29 is 20.4 Å². The molecule has 0 amide bonds. The average Bonchev–Trinajstić information content (AvgIpc) is 1.95. The molecule has 0 saturated heterocycles. The van der Waals surface area contributed by atoms with Crippen LogP contribution in [-0.4, -0.2) is 44.3 Å². The van der Waals surface area contributed by atoms with E-state index in [9.17, 15) is 5.11 Å². The molecule has 4 heteroatoms. The summed E-state index contributed by atoms with van der Waals surface area (Å²) < 4.78 is 0. The minimum atomic E-state index is -1.66. The van der Waals surface area contributed by atoms with Crippen molar-refractivity contribution in [3.8, 4) is 0 Å². The third-order valence-corrected chi connectivity index (χ3v) is 2.01. The molecule has 64 valence electrons. The Hall–Kier alpha value is -0.420. The van der Waals surface area contributed by atoms with Gasteiger partial charge in [-0.3, -0.25) is 0 Å². The molecule has 4 N–H and O–H groups in total. The van der Waals surface area contributed by atoms with Crippen LogP contribution in [0.25, 0.3) is 0 Å². The summed E-state index contributed by atoms with van der Waals surface area (Å²) in [5.41, 5.74) is -1.66. The first-order valence-electron chi connectivity index (χ1n) is 3.41. The normalized spacial score (nSPS) is 51.2. The molecule has 0 saturated carbocycles. The second-order valence-electron chi connectivity index (χ2n) is 2.99. The zero-order valence-corrected chi connectivity index (χ0v) is 6.18. The third-order valence-electron chi connectivity index (χ3n) is 2.01. The molecule has 0 unspecified atom stereocenters. The van der Waals surface area contributed by atoms with Crippen molar-refractivity contribution in [2.75, 3.05) is 0 Å². The maximum absolute atomic E-state index is 9.37. The highest BCUT2D eigenvalue weighted by molar-refractivity contribution is 5.13. The van der Waals surface area contributed by atoms with Crippen LogP contribution in [0.5, 0.6) is 0 Å². The van der Waals surface area contributed by atoms with Crippen LogP contribution >= 0.6 is 0 Å². The second kappa shape index (κ2) is 2.57. The van der Waals surface area contributed by atoms with Gasteiger partial charge in [-0.2, -0.15) is 0 Å². The first-order valence-corrected chi connectivity index (χ1v) is 3.41. The first kappa shape index (κ1) is 8.67. The van der Waals surface area contributed by atoms with Crippen molar-refractivity contribution >= 4 is 0 Å². The van der Waals surface area contributed by atoms with E-state index in [0.29, 0.717) is 0 Å². The fourth-order valence-corrected chi connectivity index (χ4v) is 1.04. The van der Waals surface area contributed by atoms with Gasteiger partial charge in [0.1, 0.15) is 23.9 Å². The van der Waals surface area contributed by atoms with Gasteiger partial charge < -0.3 is 20.4 Å². The molecule has 1 aliphatic carbocycles. The summed E-state index contributed by atoms with van der Waals surface area (Å²) in [5, 5.41) is 36.7. The van der Waals surface area contributed by atoms with Gasteiger partial charge in [0.25, 0.3) is 0 Å². The van der Waals surface area contributed by atoms with Gasteiger partial charge in [0.2, 0.25) is 0 Å². The highest BCUT2D eigenvalue weighted by atomic mass is 16.4. The minimum Gasteiger partial charge on any atom is -0.387 e. The predicted molar refractivity (Wildman–Crippen MR) is 37.8 cm³/mol. The summed E-state index contributed by atoms with van der Waals surface area (Å²) in [4.78, 5) is 0. The number of aliphatic hydroxyl groups is 4. The van der Waals surface area contributed by atoms with Gasteiger partial charge in [-0.1, -0.05) is 12.2 Å². The van der Waals surface area contributed by atoms with Crippen LogP contribution in [0.15, 0.2) is 12.2 Å². The van der Waals surface area contributed by atoms with Crippen LogP contribution in [0.2, 0.25) is 0 Å². The molecular weight excluding hydrogens is 148 g/mol. The number of rotatable bonds is 0. The van der Waals surface area contributed by atoms with Gasteiger partial charge >= 0.3 is 0 Å². The van der Waals surface area contributed by atoms with Crippen molar-refractivity contribution in [1.29, 1.82) is 0 Å². The Morgan fingerprint density at radius 1 is 1.18 bits per heavy atom. The van der Waals surface area contributed by atoms with Crippen molar-refractivity contribution in [2.45, 2.75) is 30.8 Å². The van der Waals surface area contributed by atoms with Crippen LogP contribution in [0, 0.1) is 0 Å². The molecule has 0 aromatic heterocycles. The molecule has 0 heterocycles. The lowest BCUT2D eigenvalue weighted by Crippen LogP contribution is -2.55. The highest BCUT2D eigenvalue weighted by Gasteiger charge is 2.42.